The van der Waals surface area contributed by atoms with Gasteiger partial charge in [0.05, 0.1) is 5.57 Å². The summed E-state index contributed by atoms with van der Waals surface area (Å²) in [5.74, 6) is 0.576. The van der Waals surface area contributed by atoms with E-state index < -0.39 is 0 Å². The molecule has 2 aliphatic rings. The highest BCUT2D eigenvalue weighted by Crippen LogP contribution is 2.24. The number of rotatable bonds is 8. The molecule has 0 spiro atoms. The summed E-state index contributed by atoms with van der Waals surface area (Å²) in [6, 6.07) is 0.623. The lowest BCUT2D eigenvalue weighted by Crippen LogP contribution is -2.37. The van der Waals surface area contributed by atoms with Crippen LogP contribution in [0.5, 0.6) is 0 Å². The molecule has 2 N–H and O–H groups in total. The van der Waals surface area contributed by atoms with Gasteiger partial charge in [0.2, 0.25) is 0 Å². The van der Waals surface area contributed by atoms with Gasteiger partial charge >= 0.3 is 0 Å². The quantitative estimate of drug-likeness (QED) is 0.515. The van der Waals surface area contributed by atoms with Crippen molar-refractivity contribution in [1.82, 2.24) is 10.6 Å². The molecule has 0 saturated heterocycles. The molecule has 0 bridgehead atoms. The Labute approximate surface area is 158 Å². The van der Waals surface area contributed by atoms with E-state index in [1.165, 1.54) is 31.3 Å². The van der Waals surface area contributed by atoms with Crippen LogP contribution in [-0.4, -0.2) is 38.3 Å². The summed E-state index contributed by atoms with van der Waals surface area (Å²) >= 11 is 0. The molecule has 1 saturated carbocycles. The van der Waals surface area contributed by atoms with Crippen LogP contribution in [0.15, 0.2) is 52.6 Å². The van der Waals surface area contributed by atoms with Gasteiger partial charge in [0.25, 0.3) is 5.91 Å². The maximum absolute atomic E-state index is 12.1. The van der Waals surface area contributed by atoms with Gasteiger partial charge in [-0.25, -0.2) is 0 Å². The molecule has 0 aromatic carbocycles. The van der Waals surface area contributed by atoms with Crippen LogP contribution in [0, 0.1) is 5.92 Å². The highest BCUT2D eigenvalue weighted by molar-refractivity contribution is 6.12. The van der Waals surface area contributed by atoms with Gasteiger partial charge in [-0.15, -0.1) is 0 Å². The van der Waals surface area contributed by atoms with E-state index >= 15 is 0 Å². The van der Waals surface area contributed by atoms with E-state index in [0.29, 0.717) is 17.5 Å². The van der Waals surface area contributed by atoms with Crippen molar-refractivity contribution in [2.75, 3.05) is 20.1 Å². The first kappa shape index (κ1) is 20.4. The number of carbonyl (C=O) groups excluding carboxylic acids is 1. The highest BCUT2D eigenvalue weighted by Gasteiger charge is 2.21. The van der Waals surface area contributed by atoms with Crippen LogP contribution >= 0.6 is 0 Å². The van der Waals surface area contributed by atoms with E-state index in [-0.39, 0.29) is 5.91 Å². The van der Waals surface area contributed by atoms with Crippen molar-refractivity contribution in [3.8, 4) is 0 Å². The van der Waals surface area contributed by atoms with Crippen LogP contribution in [0.1, 0.15) is 45.4 Å². The molecule has 142 valence electrons. The highest BCUT2D eigenvalue weighted by atomic mass is 16.1. The molecule has 1 fully saturated rings. The molecule has 0 unspecified atom stereocenters. The monoisotopic (exact) mass is 355 g/mol. The molecule has 4 heteroatoms. The number of allylic oxidation sites excluding steroid dienone is 6. The summed E-state index contributed by atoms with van der Waals surface area (Å²) in [6.45, 7) is 3.69. The van der Waals surface area contributed by atoms with Crippen LogP contribution in [0.25, 0.3) is 0 Å². The number of hydrogen-bond acceptors (Lipinski definition) is 3. The molecule has 26 heavy (non-hydrogen) atoms. The average Bonchev–Trinajstić information content (AvgIpc) is 2.94. The van der Waals surface area contributed by atoms with Crippen LogP contribution in [0.3, 0.4) is 0 Å². The van der Waals surface area contributed by atoms with Crippen LogP contribution in [-0.2, 0) is 4.79 Å². The Morgan fingerprint density at radius 3 is 2.77 bits per heavy atom. The predicted octanol–water partition coefficient (Wildman–Crippen LogP) is 3.73. The third kappa shape index (κ3) is 7.12. The first-order valence-corrected chi connectivity index (χ1v) is 9.84. The molecule has 0 aromatic heterocycles. The molecule has 0 heterocycles. The normalized spacial score (nSPS) is 23.8. The van der Waals surface area contributed by atoms with E-state index in [1.54, 1.807) is 19.3 Å². The molecular formula is C22H33N3O. The number of amides is 1. The molecule has 0 radical (unpaired) electrons. The first-order valence-electron chi connectivity index (χ1n) is 9.84. The zero-order valence-corrected chi connectivity index (χ0v) is 16.2. The second-order valence-electron chi connectivity index (χ2n) is 7.11. The molecule has 0 aliphatic heterocycles. The summed E-state index contributed by atoms with van der Waals surface area (Å²) in [7, 11) is 1.69. The van der Waals surface area contributed by atoms with Crippen molar-refractivity contribution in [3.05, 3.63) is 47.6 Å². The Kier molecular flexibility index (Phi) is 9.11. The zero-order chi connectivity index (χ0) is 18.6. The predicted molar refractivity (Wildman–Crippen MR) is 111 cm³/mol. The van der Waals surface area contributed by atoms with E-state index in [0.717, 1.165) is 25.9 Å². The minimum Gasteiger partial charge on any atom is -0.352 e. The van der Waals surface area contributed by atoms with Gasteiger partial charge < -0.3 is 10.6 Å². The van der Waals surface area contributed by atoms with Gasteiger partial charge in [-0.3, -0.25) is 9.79 Å². The maximum atomic E-state index is 12.1. The fourth-order valence-electron chi connectivity index (χ4n) is 3.56. The smallest absolute Gasteiger partial charge is 0.252 e. The summed E-state index contributed by atoms with van der Waals surface area (Å²) in [6.07, 6.45) is 21.2. The van der Waals surface area contributed by atoms with Gasteiger partial charge in [-0.2, -0.15) is 0 Å². The average molecular weight is 356 g/mol. The second kappa shape index (κ2) is 11.6. The van der Waals surface area contributed by atoms with Crippen molar-refractivity contribution >= 4 is 12.1 Å². The van der Waals surface area contributed by atoms with Gasteiger partial charge in [0.1, 0.15) is 0 Å². The van der Waals surface area contributed by atoms with Crippen LogP contribution in [0.2, 0.25) is 0 Å². The molecule has 2 aliphatic carbocycles. The number of hydrogen-bond donors (Lipinski definition) is 2. The van der Waals surface area contributed by atoms with Gasteiger partial charge in [-0.1, -0.05) is 42.0 Å². The minimum absolute atomic E-state index is 0.0156. The maximum Gasteiger partial charge on any atom is 0.252 e. The van der Waals surface area contributed by atoms with Crippen LogP contribution < -0.4 is 10.6 Å². The van der Waals surface area contributed by atoms with Gasteiger partial charge in [-0.05, 0) is 57.9 Å². The summed E-state index contributed by atoms with van der Waals surface area (Å²) in [4.78, 5) is 16.0. The fraction of sp³-hybridized carbons (Fsp3) is 0.545. The number of aliphatic imine (C=N–C) groups is 1. The minimum atomic E-state index is -0.0156. The number of nitrogens with one attached hydrogen (secondary N) is 2. The number of nitrogens with zero attached hydrogens (tertiary/aromatic N) is 1. The Balaban J connectivity index is 1.61. The van der Waals surface area contributed by atoms with E-state index in [1.807, 2.05) is 6.92 Å². The standard InChI is InChI=1S/C22H33N3O/c1-3-20(17-23-2)22(26)25-16-19-10-12-21(13-11-19)24-15-14-18-8-6-4-5-7-9-18/h3-8,17,19,21,24H,9-16H2,1-2H3,(H,25,26)/b20-3+,23-17?. The summed E-state index contributed by atoms with van der Waals surface area (Å²) in [5, 5.41) is 6.77. The molecule has 0 atom stereocenters. The molecule has 0 aromatic rings. The Bertz CT molecular complexity index is 591. The van der Waals surface area contributed by atoms with Crippen molar-refractivity contribution < 1.29 is 4.79 Å². The first-order chi connectivity index (χ1) is 12.7. The summed E-state index contributed by atoms with van der Waals surface area (Å²) < 4.78 is 0. The molecule has 1 amide bonds. The van der Waals surface area contributed by atoms with Gasteiger partial charge in [0, 0.05) is 25.8 Å². The van der Waals surface area contributed by atoms with Crippen molar-refractivity contribution in [2.45, 2.75) is 51.5 Å². The second-order valence-corrected chi connectivity index (χ2v) is 7.11. The largest absolute Gasteiger partial charge is 0.352 e. The fourth-order valence-corrected chi connectivity index (χ4v) is 3.56. The molecule has 2 rings (SSSR count). The summed E-state index contributed by atoms with van der Waals surface area (Å²) in [5.41, 5.74) is 2.13. The van der Waals surface area contributed by atoms with E-state index in [2.05, 4.69) is 46.0 Å². The van der Waals surface area contributed by atoms with Crippen molar-refractivity contribution in [3.63, 3.8) is 0 Å². The molecular weight excluding hydrogens is 322 g/mol. The topological polar surface area (TPSA) is 53.5 Å². The Morgan fingerprint density at radius 2 is 2.04 bits per heavy atom. The molecule has 4 nitrogen and oxygen atoms in total. The Morgan fingerprint density at radius 1 is 1.23 bits per heavy atom. The van der Waals surface area contributed by atoms with Gasteiger partial charge in [0.15, 0.2) is 0 Å². The lowest BCUT2D eigenvalue weighted by Gasteiger charge is -2.29. The zero-order valence-electron chi connectivity index (χ0n) is 16.2. The third-order valence-electron chi connectivity index (χ3n) is 5.19. The van der Waals surface area contributed by atoms with E-state index in [9.17, 15) is 4.79 Å². The Hall–Kier alpha value is -1.94. The third-order valence-corrected chi connectivity index (χ3v) is 5.19. The number of carbonyl (C=O) groups is 1. The lowest BCUT2D eigenvalue weighted by atomic mass is 9.86. The van der Waals surface area contributed by atoms with Crippen molar-refractivity contribution in [1.29, 1.82) is 0 Å². The SMILES string of the molecule is C/C=C(\C=NC)C(=O)NCC1CCC(NCCC2=CC=CC=CC2)CC1. The van der Waals surface area contributed by atoms with Crippen LogP contribution in [0.4, 0.5) is 0 Å². The lowest BCUT2D eigenvalue weighted by molar-refractivity contribution is -0.117. The van der Waals surface area contributed by atoms with E-state index in [4.69, 9.17) is 0 Å². The van der Waals surface area contributed by atoms with Crippen molar-refractivity contribution in [2.24, 2.45) is 10.9 Å².